The highest BCUT2D eigenvalue weighted by Crippen LogP contribution is 2.18. The SMILES string of the molecule is NC1CCN(C(CCNC=O)CCc2ccccc2)C1.O=C(O)CCCC(=O)NCc1ccc(Cl)cn1. The molecule has 1 fully saturated rings. The lowest BCUT2D eigenvalue weighted by atomic mass is 10.0. The molecular formula is C27H38ClN5O4. The van der Waals surface area contributed by atoms with E-state index >= 15 is 0 Å². The minimum Gasteiger partial charge on any atom is -0.481 e. The molecule has 0 saturated carbocycles. The summed E-state index contributed by atoms with van der Waals surface area (Å²) in [5.41, 5.74) is 8.10. The molecule has 0 radical (unpaired) electrons. The Morgan fingerprint density at radius 2 is 1.97 bits per heavy atom. The van der Waals surface area contributed by atoms with Gasteiger partial charge in [0, 0.05) is 50.8 Å². The number of aryl methyl sites for hydroxylation is 1. The largest absolute Gasteiger partial charge is 0.481 e. The van der Waals surface area contributed by atoms with Gasteiger partial charge in [-0.1, -0.05) is 41.9 Å². The van der Waals surface area contributed by atoms with Gasteiger partial charge in [-0.15, -0.1) is 0 Å². The fourth-order valence-corrected chi connectivity index (χ4v) is 4.24. The summed E-state index contributed by atoms with van der Waals surface area (Å²) in [5.74, 6) is -1.07. The highest BCUT2D eigenvalue weighted by atomic mass is 35.5. The van der Waals surface area contributed by atoms with Crippen LogP contribution >= 0.6 is 11.6 Å². The van der Waals surface area contributed by atoms with Crippen LogP contribution in [0.5, 0.6) is 0 Å². The van der Waals surface area contributed by atoms with E-state index in [-0.39, 0.29) is 18.7 Å². The summed E-state index contributed by atoms with van der Waals surface area (Å²) < 4.78 is 0. The number of nitrogens with zero attached hydrogens (tertiary/aromatic N) is 2. The van der Waals surface area contributed by atoms with Crippen molar-refractivity contribution in [2.24, 2.45) is 5.73 Å². The number of halogens is 1. The molecular weight excluding hydrogens is 494 g/mol. The first-order valence-electron chi connectivity index (χ1n) is 12.7. The first-order chi connectivity index (χ1) is 17.9. The maximum atomic E-state index is 11.3. The third-order valence-corrected chi connectivity index (χ3v) is 6.36. The quantitative estimate of drug-likeness (QED) is 0.217. The molecule has 1 aromatic carbocycles. The number of likely N-dealkylation sites (tertiary alicyclic amines) is 1. The first-order valence-corrected chi connectivity index (χ1v) is 13.0. The van der Waals surface area contributed by atoms with Crippen molar-refractivity contribution in [3.63, 3.8) is 0 Å². The first kappa shape index (κ1) is 30.2. The van der Waals surface area contributed by atoms with Crippen LogP contribution in [0, 0.1) is 0 Å². The topological polar surface area (TPSA) is 138 Å². The third kappa shape index (κ3) is 13.2. The van der Waals surface area contributed by atoms with Crippen LogP contribution in [0.4, 0.5) is 0 Å². The number of nitrogens with two attached hydrogens (primary N) is 1. The molecule has 2 unspecified atom stereocenters. The fourth-order valence-electron chi connectivity index (χ4n) is 4.13. The number of carbonyl (C=O) groups excluding carboxylic acids is 2. The number of benzene rings is 1. The van der Waals surface area contributed by atoms with Gasteiger partial charge in [0.1, 0.15) is 0 Å². The van der Waals surface area contributed by atoms with Crippen LogP contribution in [0.1, 0.15) is 49.8 Å². The Morgan fingerprint density at radius 1 is 1.19 bits per heavy atom. The number of amides is 2. The van der Waals surface area contributed by atoms with Gasteiger partial charge in [0.2, 0.25) is 12.3 Å². The van der Waals surface area contributed by atoms with Gasteiger partial charge in [-0.25, -0.2) is 0 Å². The standard InChI is InChI=1S/C16H25N3O.C11H13ClN2O3/c17-15-9-11-19(12-15)16(8-10-18-13-20)7-6-14-4-2-1-3-5-14;12-8-4-5-9(13-6-8)7-14-10(15)2-1-3-11(16)17/h1-5,13,15-16H,6-12,17H2,(H,18,20);4-6H,1-3,7H2,(H,14,15)(H,16,17). The van der Waals surface area contributed by atoms with E-state index in [0.717, 1.165) is 51.7 Å². The average Bonchev–Trinajstić information content (AvgIpc) is 3.32. The van der Waals surface area contributed by atoms with Crippen molar-refractivity contribution in [1.29, 1.82) is 0 Å². The lowest BCUT2D eigenvalue weighted by Gasteiger charge is -2.28. The van der Waals surface area contributed by atoms with Crippen LogP contribution in [0.15, 0.2) is 48.7 Å². The Bertz CT molecular complexity index is 946. The lowest BCUT2D eigenvalue weighted by molar-refractivity contribution is -0.137. The van der Waals surface area contributed by atoms with Gasteiger partial charge in [0.15, 0.2) is 0 Å². The zero-order chi connectivity index (χ0) is 26.9. The highest BCUT2D eigenvalue weighted by Gasteiger charge is 2.25. The van der Waals surface area contributed by atoms with Crippen LogP contribution < -0.4 is 16.4 Å². The lowest BCUT2D eigenvalue weighted by Crippen LogP contribution is -2.37. The van der Waals surface area contributed by atoms with Gasteiger partial charge in [-0.2, -0.15) is 0 Å². The molecule has 0 bridgehead atoms. The second kappa shape index (κ2) is 17.4. The number of aliphatic carboxylic acids is 1. The van der Waals surface area contributed by atoms with E-state index < -0.39 is 5.97 Å². The number of nitrogens with one attached hydrogen (secondary N) is 2. The van der Waals surface area contributed by atoms with Crippen molar-refractivity contribution in [1.82, 2.24) is 20.5 Å². The van der Waals surface area contributed by atoms with Gasteiger partial charge >= 0.3 is 5.97 Å². The van der Waals surface area contributed by atoms with E-state index in [1.165, 1.54) is 11.8 Å². The summed E-state index contributed by atoms with van der Waals surface area (Å²) in [6, 6.07) is 14.8. The molecule has 37 heavy (non-hydrogen) atoms. The van der Waals surface area contributed by atoms with Crippen LogP contribution in [0.25, 0.3) is 0 Å². The summed E-state index contributed by atoms with van der Waals surface area (Å²) >= 11 is 5.67. The van der Waals surface area contributed by atoms with Gasteiger partial charge in [0.25, 0.3) is 0 Å². The highest BCUT2D eigenvalue weighted by molar-refractivity contribution is 6.30. The Balaban J connectivity index is 0.000000264. The molecule has 202 valence electrons. The second-order valence-corrected chi connectivity index (χ2v) is 9.51. The minimum absolute atomic E-state index is 0.00656. The summed E-state index contributed by atoms with van der Waals surface area (Å²) in [4.78, 5) is 38.4. The number of aromatic nitrogens is 1. The van der Waals surface area contributed by atoms with Crippen LogP contribution in [-0.2, 0) is 27.3 Å². The van der Waals surface area contributed by atoms with Crippen LogP contribution in [0.3, 0.4) is 0 Å². The average molecular weight is 532 g/mol. The van der Waals surface area contributed by atoms with Gasteiger partial charge < -0.3 is 21.5 Å². The predicted molar refractivity (Wildman–Crippen MR) is 144 cm³/mol. The molecule has 2 amide bonds. The number of carboxylic acid groups (broad SMARTS) is 1. The van der Waals surface area contributed by atoms with Gasteiger partial charge in [-0.3, -0.25) is 24.3 Å². The number of carbonyl (C=O) groups is 3. The summed E-state index contributed by atoms with van der Waals surface area (Å²) in [6.45, 7) is 3.14. The number of carboxylic acids is 1. The number of hydrogen-bond acceptors (Lipinski definition) is 6. The number of pyridine rings is 1. The summed E-state index contributed by atoms with van der Waals surface area (Å²) in [6.07, 6.45) is 7.13. The molecule has 0 aliphatic carbocycles. The monoisotopic (exact) mass is 531 g/mol. The number of hydrogen-bond donors (Lipinski definition) is 4. The van der Waals surface area contributed by atoms with E-state index in [1.54, 1.807) is 12.1 Å². The van der Waals surface area contributed by atoms with Gasteiger partial charge in [-0.05, 0) is 49.8 Å². The van der Waals surface area contributed by atoms with E-state index in [9.17, 15) is 14.4 Å². The third-order valence-electron chi connectivity index (χ3n) is 6.14. The maximum absolute atomic E-state index is 11.3. The molecule has 2 aromatic rings. The van der Waals surface area contributed by atoms with E-state index in [4.69, 9.17) is 22.4 Å². The summed E-state index contributed by atoms with van der Waals surface area (Å²) in [5, 5.41) is 14.4. The van der Waals surface area contributed by atoms with Crippen molar-refractivity contribution in [3.8, 4) is 0 Å². The zero-order valence-electron chi connectivity index (χ0n) is 21.2. The van der Waals surface area contributed by atoms with Gasteiger partial charge in [0.05, 0.1) is 17.3 Å². The van der Waals surface area contributed by atoms with E-state index in [1.807, 2.05) is 0 Å². The fraction of sp³-hybridized carbons (Fsp3) is 0.481. The van der Waals surface area contributed by atoms with Crippen LogP contribution in [0.2, 0.25) is 5.02 Å². The van der Waals surface area contributed by atoms with E-state index in [2.05, 4.69) is 50.8 Å². The van der Waals surface area contributed by atoms with Crippen molar-refractivity contribution < 1.29 is 19.5 Å². The normalized spacial score (nSPS) is 15.8. The van der Waals surface area contributed by atoms with E-state index in [0.29, 0.717) is 35.8 Å². The van der Waals surface area contributed by atoms with Crippen molar-refractivity contribution in [2.45, 2.75) is 63.6 Å². The Morgan fingerprint density at radius 3 is 2.59 bits per heavy atom. The maximum Gasteiger partial charge on any atom is 0.303 e. The van der Waals surface area contributed by atoms with Crippen molar-refractivity contribution in [2.75, 3.05) is 19.6 Å². The molecule has 1 aliphatic heterocycles. The Labute approximate surface area is 223 Å². The molecule has 10 heteroatoms. The molecule has 1 saturated heterocycles. The molecule has 2 heterocycles. The molecule has 2 atom stereocenters. The zero-order valence-corrected chi connectivity index (χ0v) is 21.9. The Kier molecular flexibility index (Phi) is 14.2. The summed E-state index contributed by atoms with van der Waals surface area (Å²) in [7, 11) is 0. The molecule has 1 aliphatic rings. The molecule has 9 nitrogen and oxygen atoms in total. The van der Waals surface area contributed by atoms with Crippen LogP contribution in [-0.4, -0.2) is 65.0 Å². The minimum atomic E-state index is -0.892. The predicted octanol–water partition coefficient (Wildman–Crippen LogP) is 2.76. The Hall–Kier alpha value is -3.01. The smallest absolute Gasteiger partial charge is 0.303 e. The molecule has 1 aromatic heterocycles. The van der Waals surface area contributed by atoms with Crippen molar-refractivity contribution >= 4 is 29.9 Å². The second-order valence-electron chi connectivity index (χ2n) is 9.07. The van der Waals surface area contributed by atoms with Crippen molar-refractivity contribution in [3.05, 3.63) is 64.9 Å². The molecule has 5 N–H and O–H groups in total. The molecule has 3 rings (SSSR count). The molecule has 0 spiro atoms. The number of rotatable bonds is 14.